The van der Waals surface area contributed by atoms with Crippen molar-refractivity contribution in [2.24, 2.45) is 0 Å². The van der Waals surface area contributed by atoms with Crippen LogP contribution >= 0.6 is 0 Å². The Labute approximate surface area is 183 Å². The van der Waals surface area contributed by atoms with Crippen molar-refractivity contribution in [3.63, 3.8) is 0 Å². The van der Waals surface area contributed by atoms with Crippen LogP contribution in [0.15, 0.2) is 24.4 Å². The van der Waals surface area contributed by atoms with Crippen molar-refractivity contribution in [2.45, 2.75) is 25.2 Å². The summed E-state index contributed by atoms with van der Waals surface area (Å²) in [7, 11) is 0.948. The summed E-state index contributed by atoms with van der Waals surface area (Å²) in [5.41, 5.74) is 0.628. The second-order valence-electron chi connectivity index (χ2n) is 7.18. The molecule has 1 aliphatic heterocycles. The molecule has 0 saturated heterocycles. The molecule has 0 atom stereocenters. The minimum absolute atomic E-state index is 0.0613. The monoisotopic (exact) mass is 476 g/mol. The number of anilines is 4. The summed E-state index contributed by atoms with van der Waals surface area (Å²) < 4.78 is 77.1. The van der Waals surface area contributed by atoms with Gasteiger partial charge in [-0.3, -0.25) is 9.59 Å². The van der Waals surface area contributed by atoms with Crippen LogP contribution < -0.4 is 16.0 Å². The van der Waals surface area contributed by atoms with Gasteiger partial charge in [0.2, 0.25) is 11.9 Å². The van der Waals surface area contributed by atoms with E-state index in [1.54, 1.807) is 18.2 Å². The number of hydrogen-bond acceptors (Lipinski definition) is 6. The third-order valence-electron chi connectivity index (χ3n) is 4.63. The topological polar surface area (TPSA) is 99.2 Å². The molecule has 1 aromatic heterocycles. The molecule has 2 aromatic rings. The van der Waals surface area contributed by atoms with Gasteiger partial charge < -0.3 is 20.9 Å². The summed E-state index contributed by atoms with van der Waals surface area (Å²) in [6.07, 6.45) is -9.12. The van der Waals surface area contributed by atoms with Crippen LogP contribution in [-0.2, 0) is 22.2 Å². The van der Waals surface area contributed by atoms with Crippen molar-refractivity contribution in [1.29, 1.82) is 0 Å². The van der Waals surface area contributed by atoms with Crippen LogP contribution in [0.3, 0.4) is 0 Å². The summed E-state index contributed by atoms with van der Waals surface area (Å²) in [6.45, 7) is -0.508. The van der Waals surface area contributed by atoms with Crippen molar-refractivity contribution in [1.82, 2.24) is 14.9 Å². The number of alkyl halides is 6. The van der Waals surface area contributed by atoms with Gasteiger partial charge >= 0.3 is 18.3 Å². The number of carbonyl (C=O) groups excluding carboxylic acids is 2. The number of rotatable bonds is 7. The van der Waals surface area contributed by atoms with Crippen LogP contribution in [0.2, 0.25) is 0 Å². The highest BCUT2D eigenvalue weighted by Gasteiger charge is 2.41. The molecule has 33 heavy (non-hydrogen) atoms. The molecule has 3 N–H and O–H groups in total. The Kier molecular flexibility index (Phi) is 6.65. The van der Waals surface area contributed by atoms with Gasteiger partial charge in [-0.15, -0.1) is 0 Å². The zero-order valence-corrected chi connectivity index (χ0v) is 17.1. The van der Waals surface area contributed by atoms with Crippen LogP contribution in [-0.4, -0.2) is 53.0 Å². The normalized spacial score (nSPS) is 13.4. The highest BCUT2D eigenvalue weighted by molar-refractivity contribution is 5.99. The van der Waals surface area contributed by atoms with Gasteiger partial charge in [-0.2, -0.15) is 31.3 Å². The molecule has 1 aliphatic rings. The molecule has 0 saturated carbocycles. The first kappa shape index (κ1) is 24.1. The summed E-state index contributed by atoms with van der Waals surface area (Å²) in [5.74, 6) is -2.95. The quantitative estimate of drug-likeness (QED) is 0.418. The predicted molar refractivity (Wildman–Crippen MR) is 106 cm³/mol. The number of hydrogen-bond donors (Lipinski definition) is 3. The van der Waals surface area contributed by atoms with Gasteiger partial charge in [0.05, 0.1) is 6.42 Å². The van der Waals surface area contributed by atoms with Gasteiger partial charge in [-0.1, -0.05) is 0 Å². The van der Waals surface area contributed by atoms with E-state index in [9.17, 15) is 35.9 Å². The lowest BCUT2D eigenvalue weighted by molar-refractivity contribution is -0.184. The number of fused-ring (bicyclic) bond motifs is 1. The second-order valence-corrected chi connectivity index (χ2v) is 7.18. The molecule has 0 bridgehead atoms. The fourth-order valence-electron chi connectivity index (χ4n) is 3.06. The molecule has 0 spiro atoms. The van der Waals surface area contributed by atoms with Crippen molar-refractivity contribution < 1.29 is 35.9 Å². The van der Waals surface area contributed by atoms with Crippen molar-refractivity contribution in [2.75, 3.05) is 36.1 Å². The number of nitrogens with one attached hydrogen (secondary N) is 3. The Bertz CT molecular complexity index is 1060. The fourth-order valence-corrected chi connectivity index (χ4v) is 3.06. The first-order chi connectivity index (χ1) is 15.3. The van der Waals surface area contributed by atoms with E-state index in [4.69, 9.17) is 0 Å². The van der Waals surface area contributed by atoms with Gasteiger partial charge in [-0.25, -0.2) is 4.98 Å². The minimum Gasteiger partial charge on any atom is -0.369 e. The van der Waals surface area contributed by atoms with E-state index in [1.165, 1.54) is 0 Å². The summed E-state index contributed by atoms with van der Waals surface area (Å²) in [6, 6.07) is 4.85. The average molecular weight is 476 g/mol. The van der Waals surface area contributed by atoms with Crippen LogP contribution in [0, 0.1) is 0 Å². The Morgan fingerprint density at radius 2 is 1.94 bits per heavy atom. The van der Waals surface area contributed by atoms with E-state index in [2.05, 4.69) is 25.9 Å². The maximum absolute atomic E-state index is 13.3. The third-order valence-corrected chi connectivity index (χ3v) is 4.63. The van der Waals surface area contributed by atoms with Crippen LogP contribution in [0.5, 0.6) is 0 Å². The lowest BCUT2D eigenvalue weighted by atomic mass is 10.1. The molecule has 0 unspecified atom stereocenters. The largest absolute Gasteiger partial charge is 0.471 e. The first-order valence-corrected chi connectivity index (χ1v) is 9.55. The van der Waals surface area contributed by atoms with Gasteiger partial charge in [0.15, 0.2) is 0 Å². The van der Waals surface area contributed by atoms with Crippen molar-refractivity contribution in [3.05, 3.63) is 35.5 Å². The molecule has 2 heterocycles. The number of nitrogens with zero attached hydrogens (tertiary/aromatic N) is 3. The van der Waals surface area contributed by atoms with Crippen LogP contribution in [0.1, 0.15) is 17.5 Å². The lowest BCUT2D eigenvalue weighted by Crippen LogP contribution is -2.39. The van der Waals surface area contributed by atoms with E-state index >= 15 is 0 Å². The number of halogens is 6. The molecule has 1 aromatic carbocycles. The molecular formula is C19H18F6N6O2. The highest BCUT2D eigenvalue weighted by Crippen LogP contribution is 2.34. The molecule has 0 radical (unpaired) electrons. The Balaban J connectivity index is 1.69. The zero-order valence-electron chi connectivity index (χ0n) is 17.1. The van der Waals surface area contributed by atoms with Gasteiger partial charge in [0, 0.05) is 37.7 Å². The molecule has 8 nitrogen and oxygen atoms in total. The number of benzene rings is 1. The molecule has 0 fully saturated rings. The minimum atomic E-state index is -5.03. The van der Waals surface area contributed by atoms with Gasteiger partial charge in [0.25, 0.3) is 0 Å². The Hall–Kier alpha value is -3.58. The lowest BCUT2D eigenvalue weighted by Gasteiger charge is -2.19. The van der Waals surface area contributed by atoms with E-state index in [0.29, 0.717) is 28.0 Å². The zero-order chi connectivity index (χ0) is 24.4. The van der Waals surface area contributed by atoms with E-state index in [1.807, 2.05) is 0 Å². The summed E-state index contributed by atoms with van der Waals surface area (Å²) in [5, 5.41) is 7.86. The maximum Gasteiger partial charge on any atom is 0.471 e. The SMILES string of the molecule is CN(CCCNc1nc(Nc2ccc3c(c2)CC(=O)N3)ncc1C(F)(F)F)C(=O)C(F)(F)F. The molecular weight excluding hydrogens is 458 g/mol. The highest BCUT2D eigenvalue weighted by atomic mass is 19.4. The second kappa shape index (κ2) is 9.11. The van der Waals surface area contributed by atoms with E-state index in [-0.39, 0.29) is 37.8 Å². The fraction of sp³-hybridized carbons (Fsp3) is 0.368. The first-order valence-electron chi connectivity index (χ1n) is 9.55. The Morgan fingerprint density at radius 1 is 1.21 bits per heavy atom. The average Bonchev–Trinajstić information content (AvgIpc) is 3.08. The van der Waals surface area contributed by atoms with Crippen molar-refractivity contribution in [3.8, 4) is 0 Å². The maximum atomic E-state index is 13.3. The molecule has 3 rings (SSSR count). The standard InChI is InChI=1S/C19H18F6N6O2/c1-31(16(33)19(23,24)25)6-2-5-26-15-12(18(20,21)22)9-27-17(30-15)28-11-3-4-13-10(7-11)8-14(32)29-13/h3-4,7,9H,2,5-6,8H2,1H3,(H,29,32)(H2,26,27,28,30). The Morgan fingerprint density at radius 3 is 2.61 bits per heavy atom. The van der Waals surface area contributed by atoms with E-state index in [0.717, 1.165) is 7.05 Å². The van der Waals surface area contributed by atoms with E-state index < -0.39 is 29.6 Å². The van der Waals surface area contributed by atoms with Crippen molar-refractivity contribution >= 4 is 35.0 Å². The number of aromatic nitrogens is 2. The van der Waals surface area contributed by atoms with Gasteiger partial charge in [-0.05, 0) is 30.2 Å². The van der Waals surface area contributed by atoms with Crippen LogP contribution in [0.4, 0.5) is 49.5 Å². The smallest absolute Gasteiger partial charge is 0.369 e. The van der Waals surface area contributed by atoms with Gasteiger partial charge in [0.1, 0.15) is 11.4 Å². The molecule has 2 amide bonds. The summed E-state index contributed by atoms with van der Waals surface area (Å²) in [4.78, 5) is 30.5. The number of carbonyl (C=O) groups is 2. The predicted octanol–water partition coefficient (Wildman–Crippen LogP) is 3.56. The molecule has 178 valence electrons. The molecule has 0 aliphatic carbocycles. The summed E-state index contributed by atoms with van der Waals surface area (Å²) >= 11 is 0. The third kappa shape index (κ3) is 6.02. The number of amides is 2. The van der Waals surface area contributed by atoms with Crippen LogP contribution in [0.25, 0.3) is 0 Å². The molecule has 14 heteroatoms.